The third kappa shape index (κ3) is 4.65. The fraction of sp³-hybridized carbons (Fsp3) is 0.100. The van der Waals surface area contributed by atoms with Crippen LogP contribution in [-0.2, 0) is 9.59 Å². The zero-order chi connectivity index (χ0) is 20.3. The average Bonchev–Trinajstić information content (AvgIpc) is 2.91. The SMILES string of the molecule is Cc1ccc(/C=C2/SC(=S)N(CC(=O)Nc3cccc(C(=O)O)c3)C2=O)cc1. The molecule has 0 aliphatic carbocycles. The lowest BCUT2D eigenvalue weighted by atomic mass is 10.1. The number of thioether (sulfide) groups is 1. The van der Waals surface area contributed by atoms with Crippen molar-refractivity contribution in [2.75, 3.05) is 11.9 Å². The molecule has 28 heavy (non-hydrogen) atoms. The molecular weight excluding hydrogens is 396 g/mol. The van der Waals surface area contributed by atoms with Gasteiger partial charge in [-0.1, -0.05) is 59.9 Å². The maximum absolute atomic E-state index is 12.6. The summed E-state index contributed by atoms with van der Waals surface area (Å²) in [6, 6.07) is 13.6. The molecule has 2 amide bonds. The fourth-order valence-electron chi connectivity index (χ4n) is 2.52. The number of aromatic carboxylic acids is 1. The Kier molecular flexibility index (Phi) is 5.91. The molecule has 0 spiro atoms. The molecule has 0 saturated carbocycles. The van der Waals surface area contributed by atoms with Gasteiger partial charge in [-0.2, -0.15) is 0 Å². The standard InChI is InChI=1S/C20H16N2O4S2/c1-12-5-7-13(8-6-12)9-16-18(24)22(20(27)28-16)11-17(23)21-15-4-2-3-14(10-15)19(25)26/h2-10H,11H2,1H3,(H,21,23)(H,25,26)/b16-9+. The molecule has 2 aromatic carbocycles. The number of carbonyl (C=O) groups excluding carboxylic acids is 2. The summed E-state index contributed by atoms with van der Waals surface area (Å²) in [4.78, 5) is 37.6. The molecule has 3 rings (SSSR count). The van der Waals surface area contributed by atoms with Crippen LogP contribution in [0.25, 0.3) is 6.08 Å². The van der Waals surface area contributed by atoms with Gasteiger partial charge in [-0.05, 0) is 36.8 Å². The van der Waals surface area contributed by atoms with Crippen molar-refractivity contribution >= 4 is 57.8 Å². The van der Waals surface area contributed by atoms with Crippen molar-refractivity contribution < 1.29 is 19.5 Å². The summed E-state index contributed by atoms with van der Waals surface area (Å²) in [7, 11) is 0. The molecule has 1 saturated heterocycles. The highest BCUT2D eigenvalue weighted by atomic mass is 32.2. The summed E-state index contributed by atoms with van der Waals surface area (Å²) < 4.78 is 0.304. The van der Waals surface area contributed by atoms with Crippen LogP contribution in [0.3, 0.4) is 0 Å². The zero-order valence-corrected chi connectivity index (χ0v) is 16.5. The van der Waals surface area contributed by atoms with Gasteiger partial charge in [0.05, 0.1) is 10.5 Å². The maximum atomic E-state index is 12.6. The van der Waals surface area contributed by atoms with Crippen LogP contribution in [0.2, 0.25) is 0 Å². The zero-order valence-electron chi connectivity index (χ0n) is 14.8. The van der Waals surface area contributed by atoms with Gasteiger partial charge in [-0.3, -0.25) is 14.5 Å². The van der Waals surface area contributed by atoms with Crippen molar-refractivity contribution in [3.05, 3.63) is 70.1 Å². The van der Waals surface area contributed by atoms with Crippen molar-refractivity contribution in [3.8, 4) is 0 Å². The van der Waals surface area contributed by atoms with Crippen LogP contribution in [0.5, 0.6) is 0 Å². The second kappa shape index (κ2) is 8.37. The molecule has 0 radical (unpaired) electrons. The second-order valence-corrected chi connectivity index (χ2v) is 7.79. The first kappa shape index (κ1) is 19.8. The minimum absolute atomic E-state index is 0.0597. The lowest BCUT2D eigenvalue weighted by Gasteiger charge is -2.14. The van der Waals surface area contributed by atoms with Gasteiger partial charge in [0.2, 0.25) is 5.91 Å². The molecule has 1 aliphatic heterocycles. The van der Waals surface area contributed by atoms with E-state index in [4.69, 9.17) is 17.3 Å². The van der Waals surface area contributed by atoms with E-state index in [0.717, 1.165) is 22.9 Å². The summed E-state index contributed by atoms with van der Waals surface area (Å²) in [6.07, 6.45) is 1.74. The van der Waals surface area contributed by atoms with E-state index in [1.54, 1.807) is 12.1 Å². The van der Waals surface area contributed by atoms with E-state index in [-0.39, 0.29) is 18.0 Å². The lowest BCUT2D eigenvalue weighted by Crippen LogP contribution is -2.36. The van der Waals surface area contributed by atoms with Crippen LogP contribution in [0.4, 0.5) is 5.69 Å². The Labute approximate surface area is 171 Å². The topological polar surface area (TPSA) is 86.7 Å². The van der Waals surface area contributed by atoms with Gasteiger partial charge in [0.15, 0.2) is 0 Å². The van der Waals surface area contributed by atoms with Gasteiger partial charge in [0.1, 0.15) is 10.9 Å². The van der Waals surface area contributed by atoms with Crippen LogP contribution in [0, 0.1) is 6.92 Å². The normalized spacial score (nSPS) is 15.2. The summed E-state index contributed by atoms with van der Waals surface area (Å²) in [5, 5.41) is 11.6. The minimum atomic E-state index is -1.09. The molecule has 0 atom stereocenters. The van der Waals surface area contributed by atoms with Crippen molar-refractivity contribution in [3.63, 3.8) is 0 Å². The molecule has 0 unspecified atom stereocenters. The monoisotopic (exact) mass is 412 g/mol. The third-order valence-electron chi connectivity index (χ3n) is 3.94. The number of anilines is 1. The first-order valence-electron chi connectivity index (χ1n) is 8.29. The number of rotatable bonds is 5. The fourth-order valence-corrected chi connectivity index (χ4v) is 3.78. The second-order valence-electron chi connectivity index (χ2n) is 6.11. The van der Waals surface area contributed by atoms with Crippen molar-refractivity contribution in [1.29, 1.82) is 0 Å². The van der Waals surface area contributed by atoms with Crippen molar-refractivity contribution in [2.45, 2.75) is 6.92 Å². The van der Waals surface area contributed by atoms with Gasteiger partial charge in [-0.15, -0.1) is 0 Å². The van der Waals surface area contributed by atoms with E-state index >= 15 is 0 Å². The summed E-state index contributed by atoms with van der Waals surface area (Å²) in [6.45, 7) is 1.74. The molecule has 1 aliphatic rings. The quantitative estimate of drug-likeness (QED) is 0.577. The number of amides is 2. The van der Waals surface area contributed by atoms with Crippen LogP contribution < -0.4 is 5.32 Å². The van der Waals surface area contributed by atoms with Crippen molar-refractivity contribution in [2.24, 2.45) is 0 Å². The number of carbonyl (C=O) groups is 3. The molecule has 0 aromatic heterocycles. The number of nitrogens with one attached hydrogen (secondary N) is 1. The molecule has 2 aromatic rings. The number of benzene rings is 2. The number of thiocarbonyl (C=S) groups is 1. The Morgan fingerprint density at radius 3 is 2.61 bits per heavy atom. The Bertz CT molecular complexity index is 1000. The molecule has 8 heteroatoms. The summed E-state index contributed by atoms with van der Waals surface area (Å²) >= 11 is 6.39. The Morgan fingerprint density at radius 2 is 1.93 bits per heavy atom. The van der Waals surface area contributed by atoms with E-state index in [2.05, 4.69) is 5.32 Å². The molecule has 1 heterocycles. The number of carboxylic acids is 1. The highest BCUT2D eigenvalue weighted by Crippen LogP contribution is 2.32. The summed E-state index contributed by atoms with van der Waals surface area (Å²) in [5.74, 6) is -1.88. The van der Waals surface area contributed by atoms with E-state index < -0.39 is 11.9 Å². The van der Waals surface area contributed by atoms with E-state index in [1.165, 1.54) is 23.1 Å². The van der Waals surface area contributed by atoms with E-state index in [0.29, 0.717) is 14.9 Å². The minimum Gasteiger partial charge on any atom is -0.478 e. The van der Waals surface area contributed by atoms with Gasteiger partial charge in [-0.25, -0.2) is 4.79 Å². The van der Waals surface area contributed by atoms with Gasteiger partial charge in [0, 0.05) is 5.69 Å². The van der Waals surface area contributed by atoms with E-state index in [9.17, 15) is 14.4 Å². The average molecular weight is 412 g/mol. The highest BCUT2D eigenvalue weighted by Gasteiger charge is 2.33. The lowest BCUT2D eigenvalue weighted by molar-refractivity contribution is -0.126. The number of nitrogens with zero attached hydrogens (tertiary/aromatic N) is 1. The Hall–Kier alpha value is -2.97. The molecule has 6 nitrogen and oxygen atoms in total. The largest absolute Gasteiger partial charge is 0.478 e. The molecular formula is C20H16N2O4S2. The molecule has 2 N–H and O–H groups in total. The number of aryl methyl sites for hydroxylation is 1. The van der Waals surface area contributed by atoms with Gasteiger partial charge >= 0.3 is 5.97 Å². The summed E-state index contributed by atoms with van der Waals surface area (Å²) in [5.41, 5.74) is 2.39. The van der Waals surface area contributed by atoms with Crippen LogP contribution in [0.1, 0.15) is 21.5 Å². The first-order chi connectivity index (χ1) is 13.3. The highest BCUT2D eigenvalue weighted by molar-refractivity contribution is 8.26. The predicted molar refractivity (Wildman–Crippen MR) is 113 cm³/mol. The van der Waals surface area contributed by atoms with Gasteiger partial charge < -0.3 is 10.4 Å². The van der Waals surface area contributed by atoms with E-state index in [1.807, 2.05) is 31.2 Å². The smallest absolute Gasteiger partial charge is 0.335 e. The van der Waals surface area contributed by atoms with Crippen molar-refractivity contribution in [1.82, 2.24) is 4.90 Å². The van der Waals surface area contributed by atoms with Crippen LogP contribution in [0.15, 0.2) is 53.4 Å². The predicted octanol–water partition coefficient (Wildman–Crippen LogP) is 3.53. The number of hydrogen-bond donors (Lipinski definition) is 2. The van der Waals surface area contributed by atoms with Gasteiger partial charge in [0.25, 0.3) is 5.91 Å². The first-order valence-corrected chi connectivity index (χ1v) is 9.51. The van der Waals surface area contributed by atoms with Crippen LogP contribution >= 0.6 is 24.0 Å². The number of carboxylic acid groups (broad SMARTS) is 1. The van der Waals surface area contributed by atoms with Crippen LogP contribution in [-0.4, -0.2) is 38.7 Å². The molecule has 1 fully saturated rings. The third-order valence-corrected chi connectivity index (χ3v) is 5.32. The maximum Gasteiger partial charge on any atom is 0.335 e. The number of hydrogen-bond acceptors (Lipinski definition) is 5. The Balaban J connectivity index is 1.68. The molecule has 0 bridgehead atoms. The Morgan fingerprint density at radius 1 is 1.21 bits per heavy atom. The molecule has 142 valence electrons.